The van der Waals surface area contributed by atoms with Crippen LogP contribution in [0.15, 0.2) is 10.6 Å². The van der Waals surface area contributed by atoms with Crippen LogP contribution in [0.4, 0.5) is 0 Å². The number of carboxylic acid groups (broad SMARTS) is 2. The van der Waals surface area contributed by atoms with E-state index < -0.39 is 27.5 Å². The SMILES string of the molecule is N#CS/C(C(=O)O)=C(/C(=O)O)[N+](=O)[O-]. The lowest BCUT2D eigenvalue weighted by atomic mass is 10.4. The van der Waals surface area contributed by atoms with Crippen molar-refractivity contribution in [2.24, 2.45) is 0 Å². The Kier molecular flexibility index (Phi) is 4.11. The van der Waals surface area contributed by atoms with Crippen molar-refractivity contribution in [3.63, 3.8) is 0 Å². The molecule has 0 aliphatic carbocycles. The minimum absolute atomic E-state index is 0.0876. The van der Waals surface area contributed by atoms with Gasteiger partial charge in [0.1, 0.15) is 5.40 Å². The van der Waals surface area contributed by atoms with Crippen LogP contribution in [0, 0.1) is 20.8 Å². The third-order valence-corrected chi connectivity index (χ3v) is 1.61. The molecule has 9 heteroatoms. The van der Waals surface area contributed by atoms with Gasteiger partial charge in [0.05, 0.1) is 4.92 Å². The number of thiocyanates is 1. The monoisotopic (exact) mass is 218 g/mol. The van der Waals surface area contributed by atoms with Gasteiger partial charge in [-0.15, -0.1) is 0 Å². The molecule has 8 nitrogen and oxygen atoms in total. The first-order chi connectivity index (χ1) is 6.41. The molecule has 0 saturated heterocycles. The summed E-state index contributed by atoms with van der Waals surface area (Å²) in [5.74, 6) is -3.83. The van der Waals surface area contributed by atoms with Crippen LogP contribution in [0.5, 0.6) is 0 Å². The maximum absolute atomic E-state index is 10.3. The molecule has 0 aliphatic heterocycles. The second-order valence-electron chi connectivity index (χ2n) is 1.74. The number of carboxylic acids is 2. The number of carbonyl (C=O) groups is 2. The number of rotatable bonds is 4. The highest BCUT2D eigenvalue weighted by molar-refractivity contribution is 8.08. The first-order valence-corrected chi connectivity index (χ1v) is 3.64. The van der Waals surface area contributed by atoms with Gasteiger partial charge < -0.3 is 10.2 Å². The van der Waals surface area contributed by atoms with E-state index in [-0.39, 0.29) is 11.8 Å². The number of nitro groups is 1. The van der Waals surface area contributed by atoms with Gasteiger partial charge in [-0.2, -0.15) is 5.26 Å². The van der Waals surface area contributed by atoms with Gasteiger partial charge in [-0.25, -0.2) is 9.59 Å². The van der Waals surface area contributed by atoms with E-state index in [1.165, 1.54) is 5.40 Å². The van der Waals surface area contributed by atoms with Crippen molar-refractivity contribution in [1.82, 2.24) is 0 Å². The van der Waals surface area contributed by atoms with Gasteiger partial charge in [-0.1, -0.05) is 0 Å². The minimum atomic E-state index is -2.00. The second kappa shape index (κ2) is 4.83. The smallest absolute Gasteiger partial charge is 0.409 e. The van der Waals surface area contributed by atoms with Crippen molar-refractivity contribution in [1.29, 1.82) is 5.26 Å². The zero-order valence-corrected chi connectivity index (χ0v) is 7.15. The van der Waals surface area contributed by atoms with Crippen LogP contribution in [0.2, 0.25) is 0 Å². The molecule has 0 heterocycles. The summed E-state index contributed by atoms with van der Waals surface area (Å²) < 4.78 is 0. The number of hydrogen-bond acceptors (Lipinski definition) is 6. The molecular weight excluding hydrogens is 216 g/mol. The van der Waals surface area contributed by atoms with E-state index in [9.17, 15) is 19.7 Å². The predicted molar refractivity (Wildman–Crippen MR) is 42.5 cm³/mol. The topological polar surface area (TPSA) is 142 Å². The first-order valence-electron chi connectivity index (χ1n) is 2.83. The Morgan fingerprint density at radius 1 is 1.36 bits per heavy atom. The minimum Gasteiger partial charge on any atom is -0.477 e. The van der Waals surface area contributed by atoms with E-state index in [2.05, 4.69) is 0 Å². The molecule has 0 spiro atoms. The summed E-state index contributed by atoms with van der Waals surface area (Å²) in [6.45, 7) is 0. The molecule has 0 unspecified atom stereocenters. The third-order valence-electron chi connectivity index (χ3n) is 0.942. The highest BCUT2D eigenvalue weighted by Gasteiger charge is 2.32. The van der Waals surface area contributed by atoms with Crippen LogP contribution in [0.25, 0.3) is 0 Å². The molecule has 0 aromatic carbocycles. The molecule has 0 saturated carbocycles. The highest BCUT2D eigenvalue weighted by Crippen LogP contribution is 2.19. The quantitative estimate of drug-likeness (QED) is 0.287. The number of nitrogens with zero attached hydrogens (tertiary/aromatic N) is 2. The number of hydrogen-bond donors (Lipinski definition) is 2. The summed E-state index contributed by atoms with van der Waals surface area (Å²) in [6, 6.07) is 0. The highest BCUT2D eigenvalue weighted by atomic mass is 32.2. The van der Waals surface area contributed by atoms with Gasteiger partial charge in [-0.05, 0) is 0 Å². The normalized spacial score (nSPS) is 11.1. The number of aliphatic carboxylic acids is 2. The van der Waals surface area contributed by atoms with Crippen LogP contribution in [-0.2, 0) is 9.59 Å². The molecule has 0 radical (unpaired) electrons. The van der Waals surface area contributed by atoms with Crippen molar-refractivity contribution in [2.75, 3.05) is 0 Å². The summed E-state index contributed by atoms with van der Waals surface area (Å²) in [7, 11) is 0. The van der Waals surface area contributed by atoms with Gasteiger partial charge in [0.15, 0.2) is 4.91 Å². The van der Waals surface area contributed by atoms with Gasteiger partial charge in [0, 0.05) is 11.8 Å². The van der Waals surface area contributed by atoms with E-state index in [4.69, 9.17) is 15.5 Å². The lowest BCUT2D eigenvalue weighted by Crippen LogP contribution is -2.16. The Hall–Kier alpha value is -2.08. The fraction of sp³-hybridized carbons (Fsp3) is 0. The molecule has 74 valence electrons. The molecule has 0 rings (SSSR count). The molecule has 2 N–H and O–H groups in total. The van der Waals surface area contributed by atoms with E-state index in [1.807, 2.05) is 0 Å². The Labute approximate surface area is 80.6 Å². The first kappa shape index (κ1) is 11.9. The molecule has 0 aromatic heterocycles. The van der Waals surface area contributed by atoms with Gasteiger partial charge in [0.2, 0.25) is 0 Å². The summed E-state index contributed by atoms with van der Waals surface area (Å²) in [4.78, 5) is 28.3. The average Bonchev–Trinajstić information content (AvgIpc) is 2.01. The Morgan fingerprint density at radius 3 is 2.07 bits per heavy atom. The Morgan fingerprint density at radius 2 is 1.86 bits per heavy atom. The van der Waals surface area contributed by atoms with E-state index in [0.717, 1.165) is 0 Å². The average molecular weight is 218 g/mol. The third kappa shape index (κ3) is 2.76. The molecule has 0 aliphatic rings. The van der Waals surface area contributed by atoms with Crippen molar-refractivity contribution < 1.29 is 24.7 Å². The van der Waals surface area contributed by atoms with Crippen molar-refractivity contribution >= 4 is 23.7 Å². The van der Waals surface area contributed by atoms with Crippen LogP contribution < -0.4 is 0 Å². The molecule has 0 fully saturated rings. The van der Waals surface area contributed by atoms with Crippen LogP contribution in [0.1, 0.15) is 0 Å². The zero-order valence-electron chi connectivity index (χ0n) is 6.33. The number of thioether (sulfide) groups is 1. The van der Waals surface area contributed by atoms with E-state index in [1.54, 1.807) is 0 Å². The van der Waals surface area contributed by atoms with Crippen LogP contribution in [-0.4, -0.2) is 27.1 Å². The van der Waals surface area contributed by atoms with Crippen molar-refractivity contribution in [3.05, 3.63) is 20.7 Å². The fourth-order valence-corrected chi connectivity index (χ4v) is 0.934. The standard InChI is InChI=1S/C5H2N2O6S/c6-1-14-3(5(10)11)2(4(8)9)7(12)13/h(H,8,9)(H,10,11)/b3-2-. The lowest BCUT2D eigenvalue weighted by molar-refractivity contribution is -0.421. The summed E-state index contributed by atoms with van der Waals surface area (Å²) in [5, 5.41) is 36.2. The van der Waals surface area contributed by atoms with Crippen molar-refractivity contribution in [3.8, 4) is 5.40 Å². The molecule has 0 aromatic rings. The molecule has 0 atom stereocenters. The van der Waals surface area contributed by atoms with Crippen LogP contribution >= 0.6 is 11.8 Å². The molecule has 0 amide bonds. The van der Waals surface area contributed by atoms with Gasteiger partial charge in [-0.3, -0.25) is 10.1 Å². The van der Waals surface area contributed by atoms with E-state index >= 15 is 0 Å². The van der Waals surface area contributed by atoms with Crippen LogP contribution in [0.3, 0.4) is 0 Å². The van der Waals surface area contributed by atoms with Gasteiger partial charge >= 0.3 is 17.6 Å². The van der Waals surface area contributed by atoms with E-state index in [0.29, 0.717) is 0 Å². The maximum Gasteiger partial charge on any atom is 0.409 e. The Bertz CT molecular complexity index is 351. The molecule has 14 heavy (non-hydrogen) atoms. The number of nitriles is 1. The Balaban J connectivity index is 5.52. The second-order valence-corrected chi connectivity index (χ2v) is 2.53. The summed E-state index contributed by atoms with van der Waals surface area (Å²) in [5.41, 5.74) is -1.52. The fourth-order valence-electron chi connectivity index (χ4n) is 0.497. The maximum atomic E-state index is 10.3. The summed E-state index contributed by atoms with van der Waals surface area (Å²) >= 11 is -0.0876. The zero-order chi connectivity index (χ0) is 11.3. The predicted octanol–water partition coefficient (Wildman–Crippen LogP) is -0.142. The molecular formula is C5H2N2O6S. The largest absolute Gasteiger partial charge is 0.477 e. The lowest BCUT2D eigenvalue weighted by Gasteiger charge is -1.95. The molecule has 0 bridgehead atoms. The summed E-state index contributed by atoms with van der Waals surface area (Å²) in [6.07, 6.45) is 0. The van der Waals surface area contributed by atoms with Gasteiger partial charge in [0.25, 0.3) is 0 Å². The van der Waals surface area contributed by atoms with Crippen molar-refractivity contribution in [2.45, 2.75) is 0 Å².